The summed E-state index contributed by atoms with van der Waals surface area (Å²) in [5.41, 5.74) is 0. The number of carboxylic acid groups (broad SMARTS) is 1. The van der Waals surface area contributed by atoms with Crippen LogP contribution in [-0.4, -0.2) is 82.3 Å². The maximum atomic E-state index is 13.0. The third-order valence-electron chi connectivity index (χ3n) is 16.6. The summed E-state index contributed by atoms with van der Waals surface area (Å²) in [6.07, 6.45) is 107. The highest BCUT2D eigenvalue weighted by Crippen LogP contribution is 2.17. The Morgan fingerprint density at radius 3 is 0.905 bits per heavy atom. The summed E-state index contributed by atoms with van der Waals surface area (Å²) in [6, 6.07) is 0. The van der Waals surface area contributed by atoms with Crippen molar-refractivity contribution in [1.29, 1.82) is 0 Å². The van der Waals surface area contributed by atoms with Gasteiger partial charge in [0.05, 0.1) is 40.3 Å². The summed E-state index contributed by atoms with van der Waals surface area (Å²) in [4.78, 5) is 37.6. The van der Waals surface area contributed by atoms with Crippen LogP contribution in [0.3, 0.4) is 0 Å². The second-order valence-corrected chi connectivity index (χ2v) is 26.9. The van der Waals surface area contributed by atoms with E-state index < -0.39 is 24.3 Å². The highest BCUT2D eigenvalue weighted by Gasteiger charge is 2.22. The molecule has 0 radical (unpaired) electrons. The van der Waals surface area contributed by atoms with Gasteiger partial charge >= 0.3 is 11.9 Å². The van der Waals surface area contributed by atoms with Crippen LogP contribution in [0.2, 0.25) is 0 Å². The Labute approximate surface area is 585 Å². The van der Waals surface area contributed by atoms with Crippen LogP contribution in [0, 0.1) is 0 Å². The van der Waals surface area contributed by atoms with Gasteiger partial charge in [-0.2, -0.15) is 0 Å². The molecule has 0 saturated heterocycles. The molecule has 0 fully saturated rings. The van der Waals surface area contributed by atoms with Crippen molar-refractivity contribution in [2.45, 2.75) is 334 Å². The highest BCUT2D eigenvalue weighted by atomic mass is 16.7. The molecule has 9 nitrogen and oxygen atoms in total. The summed E-state index contributed by atoms with van der Waals surface area (Å²) in [7, 11) is 5.92. The third-order valence-corrected chi connectivity index (χ3v) is 16.6. The fourth-order valence-corrected chi connectivity index (χ4v) is 10.7. The zero-order chi connectivity index (χ0) is 69.0. The van der Waals surface area contributed by atoms with Crippen molar-refractivity contribution in [2.24, 2.45) is 0 Å². The number of carboxylic acids is 1. The van der Waals surface area contributed by atoms with E-state index in [0.717, 1.165) is 122 Å². The van der Waals surface area contributed by atoms with Crippen LogP contribution in [0.15, 0.2) is 146 Å². The van der Waals surface area contributed by atoms with E-state index in [4.69, 9.17) is 18.9 Å². The fraction of sp³-hybridized carbons (Fsp3) is 0.686. The molecule has 0 heterocycles. The number of unbranched alkanes of at least 4 members (excludes halogenated alkanes) is 32. The van der Waals surface area contributed by atoms with Gasteiger partial charge in [0, 0.05) is 12.8 Å². The molecule has 542 valence electrons. The minimum atomic E-state index is -1.64. The molecule has 0 aliphatic heterocycles. The first-order chi connectivity index (χ1) is 46.6. The molecular weight excluding hydrogens is 1170 g/mol. The van der Waals surface area contributed by atoms with Crippen LogP contribution >= 0.6 is 0 Å². The molecule has 0 aliphatic carbocycles. The van der Waals surface area contributed by atoms with Crippen molar-refractivity contribution >= 4 is 17.9 Å². The number of carbonyl (C=O) groups is 3. The first-order valence-electron chi connectivity index (χ1n) is 39.0. The Balaban J connectivity index is 4.15. The SMILES string of the molecule is CC/C=C\C/C=C\C/C=C\C/C=C\C/C=C\C/C=C\C/C=C\C/C=C\C/C=C\C/C=C\C/C=C\CCCCCCCC(=O)OC(COC(=O)CCCCCCCCCCCCCCCCCCCCC/C=C\CCCCCCCCCC)COC(OCC[N+](C)(C)C)C(=O)[O-]. The number of rotatable bonds is 71. The molecule has 0 aromatic rings. The maximum Gasteiger partial charge on any atom is 0.306 e. The van der Waals surface area contributed by atoms with Crippen molar-refractivity contribution in [3.63, 3.8) is 0 Å². The number of hydrogen-bond donors (Lipinski definition) is 0. The molecule has 0 saturated carbocycles. The van der Waals surface area contributed by atoms with E-state index in [-0.39, 0.29) is 38.6 Å². The lowest BCUT2D eigenvalue weighted by Gasteiger charge is -2.26. The third kappa shape index (κ3) is 76.4. The first-order valence-corrected chi connectivity index (χ1v) is 39.0. The second-order valence-electron chi connectivity index (χ2n) is 26.9. The molecule has 2 unspecified atom stereocenters. The first kappa shape index (κ1) is 90.2. The number of aliphatic carboxylic acids is 1. The zero-order valence-electron chi connectivity index (χ0n) is 62.0. The van der Waals surface area contributed by atoms with Crippen LogP contribution < -0.4 is 5.11 Å². The maximum absolute atomic E-state index is 13.0. The van der Waals surface area contributed by atoms with E-state index in [1.807, 2.05) is 21.1 Å². The van der Waals surface area contributed by atoms with Gasteiger partial charge in [0.1, 0.15) is 13.2 Å². The number of carbonyl (C=O) groups excluding carboxylic acids is 3. The minimum Gasteiger partial charge on any atom is -0.545 e. The average Bonchev–Trinajstić information content (AvgIpc) is 2.92. The van der Waals surface area contributed by atoms with E-state index in [1.165, 1.54) is 167 Å². The standard InChI is InChI=1S/C86H145NO8/c1-6-8-10-12-14-16-18-20-22-24-26-28-30-32-34-36-38-39-40-41-42-43-44-45-47-49-51-53-55-57-59-61-63-65-67-69-71-73-75-77-84(89)95-82(81-94-86(85(90)91)92-79-78-87(3,4)5)80-93-83(88)76-74-72-70-68-66-64-62-60-58-56-54-52-50-48-46-37-35-33-31-29-27-25-23-21-19-17-15-13-11-9-7-2/h8,10,14,16,20,22,25-28,32,34,38-39,41-42,44-45,49,51,55,57,61,63,82,86H,6-7,9,11-13,15,17-19,21,23-24,29-31,33,35-37,40,43,46-48,50,52-54,56,58-60,62,64-81H2,1-5H3/b10-8-,16-14-,22-20-,27-25-,28-26-,34-32-,39-38-,42-41-,45-44-,51-49-,57-55-,63-61-. The zero-order valence-corrected chi connectivity index (χ0v) is 62.0. The molecule has 95 heavy (non-hydrogen) atoms. The molecule has 0 amide bonds. The quantitative estimate of drug-likeness (QED) is 0.0195. The molecule has 0 N–H and O–H groups in total. The predicted molar refractivity (Wildman–Crippen MR) is 407 cm³/mol. The Kier molecular flexibility index (Phi) is 71.1. The largest absolute Gasteiger partial charge is 0.545 e. The van der Waals surface area contributed by atoms with Gasteiger partial charge in [0.2, 0.25) is 0 Å². The van der Waals surface area contributed by atoms with Gasteiger partial charge in [-0.05, 0) is 122 Å². The Morgan fingerprint density at radius 1 is 0.326 bits per heavy atom. The van der Waals surface area contributed by atoms with E-state index in [0.29, 0.717) is 17.4 Å². The number of ether oxygens (including phenoxy) is 4. The van der Waals surface area contributed by atoms with Crippen molar-refractivity contribution in [2.75, 3.05) is 47.5 Å². The molecule has 0 aromatic carbocycles. The van der Waals surface area contributed by atoms with Crippen molar-refractivity contribution in [1.82, 2.24) is 0 Å². The topological polar surface area (TPSA) is 111 Å². The second kappa shape index (κ2) is 75.0. The Bertz CT molecular complexity index is 2080. The van der Waals surface area contributed by atoms with E-state index in [2.05, 4.69) is 160 Å². The summed E-state index contributed by atoms with van der Waals surface area (Å²) in [6.45, 7) is 4.63. The van der Waals surface area contributed by atoms with Crippen LogP contribution in [0.1, 0.15) is 322 Å². The van der Waals surface area contributed by atoms with E-state index in [1.54, 1.807) is 0 Å². The van der Waals surface area contributed by atoms with Gasteiger partial charge in [-0.3, -0.25) is 9.59 Å². The Hall–Kier alpha value is -4.83. The van der Waals surface area contributed by atoms with Gasteiger partial charge in [-0.15, -0.1) is 0 Å². The number of likely N-dealkylation sites (N-methyl/N-ethyl adjacent to an activating group) is 1. The molecule has 0 bridgehead atoms. The summed E-state index contributed by atoms with van der Waals surface area (Å²) >= 11 is 0. The number of hydrogen-bond acceptors (Lipinski definition) is 8. The van der Waals surface area contributed by atoms with Crippen LogP contribution in [0.5, 0.6) is 0 Å². The molecule has 0 rings (SSSR count). The molecule has 9 heteroatoms. The van der Waals surface area contributed by atoms with Gasteiger partial charge in [-0.25, -0.2) is 0 Å². The minimum absolute atomic E-state index is 0.138. The normalized spacial score (nSPS) is 13.5. The molecule has 0 spiro atoms. The van der Waals surface area contributed by atoms with Crippen molar-refractivity contribution in [3.05, 3.63) is 146 Å². The molecule has 2 atom stereocenters. The van der Waals surface area contributed by atoms with E-state index >= 15 is 0 Å². The van der Waals surface area contributed by atoms with Crippen molar-refractivity contribution in [3.8, 4) is 0 Å². The van der Waals surface area contributed by atoms with Crippen LogP contribution in [0.25, 0.3) is 0 Å². The Morgan fingerprint density at radius 2 is 0.600 bits per heavy atom. The van der Waals surface area contributed by atoms with Crippen LogP contribution in [0.4, 0.5) is 0 Å². The predicted octanol–water partition coefficient (Wildman–Crippen LogP) is 23.7. The van der Waals surface area contributed by atoms with Gasteiger partial charge in [-0.1, -0.05) is 333 Å². The monoisotopic (exact) mass is 1320 g/mol. The summed E-state index contributed by atoms with van der Waals surface area (Å²) in [5, 5.41) is 11.9. The number of allylic oxidation sites excluding steroid dienone is 24. The summed E-state index contributed by atoms with van der Waals surface area (Å²) in [5.74, 6) is -2.31. The summed E-state index contributed by atoms with van der Waals surface area (Å²) < 4.78 is 22.8. The number of quaternary nitrogens is 1. The number of esters is 2. The van der Waals surface area contributed by atoms with Crippen molar-refractivity contribution < 1.29 is 42.9 Å². The van der Waals surface area contributed by atoms with Crippen LogP contribution in [-0.2, 0) is 33.3 Å². The lowest BCUT2D eigenvalue weighted by Crippen LogP contribution is -2.44. The lowest BCUT2D eigenvalue weighted by molar-refractivity contribution is -0.870. The van der Waals surface area contributed by atoms with Gasteiger partial charge < -0.3 is 33.3 Å². The molecule has 0 aliphatic rings. The van der Waals surface area contributed by atoms with Gasteiger partial charge in [0.15, 0.2) is 12.4 Å². The smallest absolute Gasteiger partial charge is 0.306 e. The highest BCUT2D eigenvalue weighted by molar-refractivity contribution is 5.70. The van der Waals surface area contributed by atoms with Gasteiger partial charge in [0.25, 0.3) is 0 Å². The number of nitrogens with zero attached hydrogens (tertiary/aromatic N) is 1. The van der Waals surface area contributed by atoms with E-state index in [9.17, 15) is 19.5 Å². The lowest BCUT2D eigenvalue weighted by atomic mass is 10.0. The average molecular weight is 1320 g/mol. The fourth-order valence-electron chi connectivity index (χ4n) is 10.7. The molecule has 0 aromatic heterocycles. The molecular formula is C86H145NO8.